The van der Waals surface area contributed by atoms with Crippen LogP contribution >= 0.6 is 0 Å². The van der Waals surface area contributed by atoms with E-state index in [0.717, 1.165) is 11.1 Å². The molecule has 258 valence electrons. The molecule has 0 bridgehead atoms. The van der Waals surface area contributed by atoms with Crippen LogP contribution in [0.5, 0.6) is 0 Å². The third-order valence-electron chi connectivity index (χ3n) is 7.11. The van der Waals surface area contributed by atoms with Crippen LogP contribution in [0.25, 0.3) is 0 Å². The first-order valence-corrected chi connectivity index (χ1v) is 15.8. The molecule has 1 heterocycles. The van der Waals surface area contributed by atoms with Crippen LogP contribution in [0.2, 0.25) is 0 Å². The second-order valence-electron chi connectivity index (χ2n) is 12.9. The van der Waals surface area contributed by atoms with E-state index in [1.54, 1.807) is 37.5 Å². The predicted octanol–water partition coefficient (Wildman–Crippen LogP) is 5.16. The summed E-state index contributed by atoms with van der Waals surface area (Å²) in [6, 6.07) is 25.7. The zero-order valence-electron chi connectivity index (χ0n) is 28.3. The molecule has 2 atom stereocenters. The van der Waals surface area contributed by atoms with Gasteiger partial charge in [-0.15, -0.1) is 0 Å². The second kappa shape index (κ2) is 16.6. The van der Waals surface area contributed by atoms with Crippen LogP contribution in [0, 0.1) is 0 Å². The predicted molar refractivity (Wildman–Crippen MR) is 183 cm³/mol. The number of aromatic nitrogens is 2. The summed E-state index contributed by atoms with van der Waals surface area (Å²) >= 11 is 0. The number of nitrogens with zero attached hydrogens (tertiary/aromatic N) is 2. The van der Waals surface area contributed by atoms with E-state index < -0.39 is 47.1 Å². The lowest BCUT2D eigenvalue weighted by Gasteiger charge is -2.29. The van der Waals surface area contributed by atoms with Gasteiger partial charge in [0.25, 0.3) is 5.91 Å². The monoisotopic (exact) mass is 669 g/mol. The largest absolute Gasteiger partial charge is 0.459 e. The fraction of sp³-hybridized carbons (Fsp3) is 0.324. The van der Waals surface area contributed by atoms with E-state index in [-0.39, 0.29) is 25.6 Å². The lowest BCUT2D eigenvalue weighted by molar-refractivity contribution is -0.147. The van der Waals surface area contributed by atoms with Crippen molar-refractivity contribution >= 4 is 29.7 Å². The topological polar surface area (TPSA) is 150 Å². The Labute approximate surface area is 286 Å². The lowest BCUT2D eigenvalue weighted by Crippen LogP contribution is -2.59. The highest BCUT2D eigenvalue weighted by Gasteiger charge is 2.35. The van der Waals surface area contributed by atoms with Crippen molar-refractivity contribution in [3.05, 3.63) is 120 Å². The molecule has 0 fully saturated rings. The van der Waals surface area contributed by atoms with Crippen LogP contribution in [-0.2, 0) is 41.8 Å². The summed E-state index contributed by atoms with van der Waals surface area (Å²) < 4.78 is 18.3. The number of esters is 1. The smallest absolute Gasteiger partial charge is 0.408 e. The Balaban J connectivity index is 1.49. The summed E-state index contributed by atoms with van der Waals surface area (Å²) in [5.74, 6) is -1.64. The third kappa shape index (κ3) is 11.3. The summed E-state index contributed by atoms with van der Waals surface area (Å²) in [6.45, 7) is 8.21. The number of ether oxygens (including phenoxy) is 3. The van der Waals surface area contributed by atoms with Gasteiger partial charge in [-0.3, -0.25) is 9.59 Å². The van der Waals surface area contributed by atoms with E-state index in [1.165, 1.54) is 26.4 Å². The van der Waals surface area contributed by atoms with Crippen LogP contribution in [0.15, 0.2) is 104 Å². The van der Waals surface area contributed by atoms with Gasteiger partial charge in [0.1, 0.15) is 23.8 Å². The highest BCUT2D eigenvalue weighted by Crippen LogP contribution is 2.22. The fourth-order valence-electron chi connectivity index (χ4n) is 4.63. The molecule has 49 heavy (non-hydrogen) atoms. The molecule has 3 amide bonds. The van der Waals surface area contributed by atoms with Crippen molar-refractivity contribution in [3.63, 3.8) is 0 Å². The summed E-state index contributed by atoms with van der Waals surface area (Å²) in [6.07, 6.45) is 2.15. The number of carbonyl (C=O) groups excluding carboxylic acids is 4. The van der Waals surface area contributed by atoms with Gasteiger partial charge < -0.3 is 34.7 Å². The van der Waals surface area contributed by atoms with Crippen molar-refractivity contribution in [2.45, 2.75) is 71.1 Å². The van der Waals surface area contributed by atoms with Gasteiger partial charge in [-0.1, -0.05) is 91.0 Å². The number of hydrogen-bond acceptors (Lipinski definition) is 8. The maximum atomic E-state index is 13.6. The number of rotatable bonds is 14. The Hall–Kier alpha value is -5.49. The van der Waals surface area contributed by atoms with E-state index in [4.69, 9.17) is 14.2 Å². The SMILES string of the molecule is CC(C)(C)OC(=O)NC(C)(C)C(=O)N[C@H](COCc1ccccc1)C(=O)Nc1cn(C(C(=O)OCc2ccccc2)c2ccccc2)cn1. The van der Waals surface area contributed by atoms with Gasteiger partial charge in [0.15, 0.2) is 11.9 Å². The van der Waals surface area contributed by atoms with Crippen LogP contribution in [0.3, 0.4) is 0 Å². The molecule has 0 spiro atoms. The van der Waals surface area contributed by atoms with E-state index in [0.29, 0.717) is 5.56 Å². The zero-order chi connectivity index (χ0) is 35.4. The Bertz CT molecular complexity index is 1690. The number of imidazole rings is 1. The molecule has 12 heteroatoms. The summed E-state index contributed by atoms with van der Waals surface area (Å²) in [4.78, 5) is 57.1. The first kappa shape index (κ1) is 36.3. The average molecular weight is 670 g/mol. The molecule has 0 aliphatic carbocycles. The molecular weight excluding hydrogens is 626 g/mol. The molecule has 3 aromatic carbocycles. The summed E-state index contributed by atoms with van der Waals surface area (Å²) in [5.41, 5.74) is 0.171. The molecular formula is C37H43N5O7. The van der Waals surface area contributed by atoms with Gasteiger partial charge in [0.2, 0.25) is 5.91 Å². The standard InChI is InChI=1S/C37H43N5O7/c1-36(2,3)49-35(46)41-37(4,5)34(45)39-29(24-47-22-26-15-9-6-10-16-26)32(43)40-30-21-42(25-38-30)31(28-19-13-8-14-20-28)33(44)48-23-27-17-11-7-12-18-27/h6-21,25,29,31H,22-24H2,1-5H3,(H,39,45)(H,40,43)(H,41,46)/t29-,31?/m1/s1. The number of amides is 3. The average Bonchev–Trinajstić information content (AvgIpc) is 3.51. The van der Waals surface area contributed by atoms with Gasteiger partial charge in [-0.2, -0.15) is 0 Å². The van der Waals surface area contributed by atoms with Gasteiger partial charge in [-0.25, -0.2) is 14.6 Å². The van der Waals surface area contributed by atoms with Crippen LogP contribution < -0.4 is 16.0 Å². The summed E-state index contributed by atoms with van der Waals surface area (Å²) in [7, 11) is 0. The quantitative estimate of drug-likeness (QED) is 0.156. The molecule has 3 N–H and O–H groups in total. The van der Waals surface area contributed by atoms with Crippen molar-refractivity contribution < 1.29 is 33.4 Å². The highest BCUT2D eigenvalue weighted by molar-refractivity contribution is 5.98. The minimum atomic E-state index is -1.44. The minimum absolute atomic E-state index is 0.0881. The van der Waals surface area contributed by atoms with Crippen molar-refractivity contribution in [3.8, 4) is 0 Å². The fourth-order valence-corrected chi connectivity index (χ4v) is 4.63. The number of hydrogen-bond donors (Lipinski definition) is 3. The Morgan fingerprint density at radius 3 is 1.96 bits per heavy atom. The first-order valence-electron chi connectivity index (χ1n) is 15.8. The van der Waals surface area contributed by atoms with E-state index in [2.05, 4.69) is 20.9 Å². The number of alkyl carbamates (subject to hydrolysis) is 1. The molecule has 4 aromatic rings. The molecule has 0 radical (unpaired) electrons. The number of carbonyl (C=O) groups is 4. The molecule has 1 aromatic heterocycles. The van der Waals surface area contributed by atoms with Crippen molar-refractivity contribution in [2.24, 2.45) is 0 Å². The molecule has 0 saturated carbocycles. The van der Waals surface area contributed by atoms with Crippen molar-refractivity contribution in [1.82, 2.24) is 20.2 Å². The minimum Gasteiger partial charge on any atom is -0.459 e. The maximum Gasteiger partial charge on any atom is 0.408 e. The number of anilines is 1. The van der Waals surface area contributed by atoms with Crippen LogP contribution in [-0.4, -0.2) is 57.2 Å². The first-order chi connectivity index (χ1) is 23.3. The lowest BCUT2D eigenvalue weighted by atomic mass is 10.0. The second-order valence-corrected chi connectivity index (χ2v) is 12.9. The molecule has 4 rings (SSSR count). The van der Waals surface area contributed by atoms with Gasteiger partial charge in [-0.05, 0) is 51.3 Å². The number of benzene rings is 3. The van der Waals surface area contributed by atoms with E-state index in [1.807, 2.05) is 78.9 Å². The van der Waals surface area contributed by atoms with Gasteiger partial charge in [0, 0.05) is 6.20 Å². The molecule has 0 aliphatic rings. The normalized spacial score (nSPS) is 12.7. The van der Waals surface area contributed by atoms with Gasteiger partial charge >= 0.3 is 12.1 Å². The Morgan fingerprint density at radius 2 is 1.37 bits per heavy atom. The van der Waals surface area contributed by atoms with E-state index in [9.17, 15) is 19.2 Å². The van der Waals surface area contributed by atoms with Crippen molar-refractivity contribution in [2.75, 3.05) is 11.9 Å². The maximum absolute atomic E-state index is 13.6. The molecule has 12 nitrogen and oxygen atoms in total. The molecule has 0 aliphatic heterocycles. The Morgan fingerprint density at radius 1 is 0.796 bits per heavy atom. The van der Waals surface area contributed by atoms with Crippen LogP contribution in [0.1, 0.15) is 57.4 Å². The molecule has 0 saturated heterocycles. The van der Waals surface area contributed by atoms with Crippen molar-refractivity contribution in [1.29, 1.82) is 0 Å². The molecule has 1 unspecified atom stereocenters. The van der Waals surface area contributed by atoms with Crippen LogP contribution in [0.4, 0.5) is 10.6 Å². The Kier molecular flexibility index (Phi) is 12.3. The summed E-state index contributed by atoms with van der Waals surface area (Å²) in [5, 5.41) is 7.94. The number of nitrogens with one attached hydrogen (secondary N) is 3. The zero-order valence-corrected chi connectivity index (χ0v) is 28.3. The third-order valence-corrected chi connectivity index (χ3v) is 7.11. The highest BCUT2D eigenvalue weighted by atomic mass is 16.6. The van der Waals surface area contributed by atoms with Gasteiger partial charge in [0.05, 0.1) is 19.5 Å². The van der Waals surface area contributed by atoms with E-state index >= 15 is 0 Å².